The normalized spacial score (nSPS) is 16.0. The van der Waals surface area contributed by atoms with Crippen LogP contribution >= 0.6 is 0 Å². The number of oxazole rings is 1. The number of benzodiazepines with no additional fused rings is 1. The number of hydrogen-bond donors (Lipinski definition) is 2. The van der Waals surface area contributed by atoms with E-state index < -0.39 is 12.0 Å². The van der Waals surface area contributed by atoms with Gasteiger partial charge in [-0.25, -0.2) is 9.38 Å². The number of nitrogens with zero attached hydrogens (tertiary/aromatic N) is 2. The Hall–Kier alpha value is -4.00. The average molecular weight is 386 g/mol. The highest BCUT2D eigenvalue weighted by molar-refractivity contribution is 6.19. The lowest BCUT2D eigenvalue weighted by molar-refractivity contribution is -0.116. The van der Waals surface area contributed by atoms with E-state index in [1.807, 2.05) is 54.6 Å². The summed E-state index contributed by atoms with van der Waals surface area (Å²) in [5.41, 5.74) is 3.80. The number of carbonyl (C=O) groups is 1. The maximum absolute atomic E-state index is 13.4. The number of halogens is 1. The highest BCUT2D eigenvalue weighted by atomic mass is 19.1. The topological polar surface area (TPSA) is 79.5 Å². The monoisotopic (exact) mass is 386 g/mol. The van der Waals surface area contributed by atoms with Crippen LogP contribution in [0.25, 0.3) is 11.1 Å². The minimum Gasteiger partial charge on any atom is -0.423 e. The molecular weight excluding hydrogens is 371 g/mol. The molecule has 4 aromatic rings. The third kappa shape index (κ3) is 3.23. The molecule has 0 aliphatic carbocycles. The van der Waals surface area contributed by atoms with E-state index >= 15 is 0 Å². The quantitative estimate of drug-likeness (QED) is 0.553. The summed E-state index contributed by atoms with van der Waals surface area (Å²) >= 11 is 0. The number of rotatable bonds is 3. The molecule has 29 heavy (non-hydrogen) atoms. The van der Waals surface area contributed by atoms with Crippen LogP contribution in [0, 0.1) is 5.82 Å². The molecule has 1 atom stereocenters. The Morgan fingerprint density at radius 1 is 1.00 bits per heavy atom. The van der Waals surface area contributed by atoms with Crippen LogP contribution < -0.4 is 10.6 Å². The largest absolute Gasteiger partial charge is 0.423 e. The van der Waals surface area contributed by atoms with Crippen molar-refractivity contribution in [2.45, 2.75) is 6.17 Å². The SMILES string of the molecule is O=C1Nc2ccccc2C(c2ccccc2)=NC1Nc1nc2ccc(F)cc2o1. The molecular formula is C22H15FN4O2. The molecule has 1 aliphatic rings. The van der Waals surface area contributed by atoms with Gasteiger partial charge in [0, 0.05) is 17.2 Å². The second-order valence-corrected chi connectivity index (χ2v) is 6.56. The number of para-hydroxylation sites is 1. The fraction of sp³-hybridized carbons (Fsp3) is 0.0455. The van der Waals surface area contributed by atoms with E-state index in [-0.39, 0.29) is 17.5 Å². The lowest BCUT2D eigenvalue weighted by atomic mass is 10.0. The molecule has 0 saturated carbocycles. The van der Waals surface area contributed by atoms with Gasteiger partial charge in [0.05, 0.1) is 11.4 Å². The van der Waals surface area contributed by atoms with E-state index in [9.17, 15) is 9.18 Å². The van der Waals surface area contributed by atoms with E-state index in [2.05, 4.69) is 20.6 Å². The molecule has 5 rings (SSSR count). The number of hydrogen-bond acceptors (Lipinski definition) is 5. The van der Waals surface area contributed by atoms with Crippen molar-refractivity contribution in [2.75, 3.05) is 10.6 Å². The molecule has 7 heteroatoms. The predicted octanol–water partition coefficient (Wildman–Crippen LogP) is 4.19. The van der Waals surface area contributed by atoms with Gasteiger partial charge in [-0.1, -0.05) is 48.5 Å². The highest BCUT2D eigenvalue weighted by Gasteiger charge is 2.26. The maximum atomic E-state index is 13.4. The smallest absolute Gasteiger partial charge is 0.297 e. The number of carbonyl (C=O) groups excluding carboxylic acids is 1. The molecule has 0 bridgehead atoms. The summed E-state index contributed by atoms with van der Waals surface area (Å²) in [6.45, 7) is 0. The lowest BCUT2D eigenvalue weighted by Gasteiger charge is -2.11. The van der Waals surface area contributed by atoms with Gasteiger partial charge in [0.15, 0.2) is 5.58 Å². The molecule has 1 aromatic heterocycles. The van der Waals surface area contributed by atoms with E-state index in [1.54, 1.807) is 0 Å². The minimum absolute atomic E-state index is 0.0906. The van der Waals surface area contributed by atoms with E-state index in [4.69, 9.17) is 4.42 Å². The standard InChI is InChI=1S/C22H15FN4O2/c23-14-10-11-17-18(12-14)29-22(25-17)27-20-21(28)24-16-9-5-4-8-15(16)19(26-20)13-6-2-1-3-7-13/h1-12,20H,(H,24,28)(H,25,27). The number of aromatic nitrogens is 1. The molecule has 1 unspecified atom stereocenters. The summed E-state index contributed by atoms with van der Waals surface area (Å²) < 4.78 is 19.0. The molecule has 0 spiro atoms. The Labute approximate surface area is 165 Å². The number of fused-ring (bicyclic) bond motifs is 2. The first-order valence-electron chi connectivity index (χ1n) is 9.03. The van der Waals surface area contributed by atoms with Crippen LogP contribution in [0.1, 0.15) is 11.1 Å². The Balaban J connectivity index is 1.57. The fourth-order valence-corrected chi connectivity index (χ4v) is 3.26. The van der Waals surface area contributed by atoms with Crippen LogP contribution in [-0.2, 0) is 4.79 Å². The molecule has 2 N–H and O–H groups in total. The van der Waals surface area contributed by atoms with Gasteiger partial charge in [0.2, 0.25) is 6.17 Å². The summed E-state index contributed by atoms with van der Waals surface area (Å²) in [7, 11) is 0. The van der Waals surface area contributed by atoms with E-state index in [0.29, 0.717) is 16.9 Å². The third-order valence-electron chi connectivity index (χ3n) is 4.60. The van der Waals surface area contributed by atoms with Crippen LogP contribution in [0.2, 0.25) is 0 Å². The van der Waals surface area contributed by atoms with Crippen LogP contribution in [0.3, 0.4) is 0 Å². The maximum Gasteiger partial charge on any atom is 0.297 e. The summed E-state index contributed by atoms with van der Waals surface area (Å²) in [6.07, 6.45) is -0.976. The van der Waals surface area contributed by atoms with Crippen molar-refractivity contribution in [3.8, 4) is 0 Å². The average Bonchev–Trinajstić information content (AvgIpc) is 3.07. The van der Waals surface area contributed by atoms with Gasteiger partial charge in [-0.15, -0.1) is 0 Å². The molecule has 1 aliphatic heterocycles. The first-order valence-corrected chi connectivity index (χ1v) is 9.03. The van der Waals surface area contributed by atoms with Crippen molar-refractivity contribution in [3.63, 3.8) is 0 Å². The molecule has 1 amide bonds. The minimum atomic E-state index is -0.976. The Bertz CT molecular complexity index is 1250. The molecule has 0 fully saturated rings. The van der Waals surface area contributed by atoms with Crippen LogP contribution in [0.4, 0.5) is 16.1 Å². The molecule has 0 radical (unpaired) electrons. The molecule has 0 saturated heterocycles. The van der Waals surface area contributed by atoms with Gasteiger partial charge in [0.25, 0.3) is 11.9 Å². The second-order valence-electron chi connectivity index (χ2n) is 6.56. The molecule has 6 nitrogen and oxygen atoms in total. The van der Waals surface area contributed by atoms with Gasteiger partial charge in [-0.2, -0.15) is 4.98 Å². The van der Waals surface area contributed by atoms with E-state index in [0.717, 1.165) is 11.1 Å². The highest BCUT2D eigenvalue weighted by Crippen LogP contribution is 2.26. The number of aliphatic imine (C=N–C) groups is 1. The molecule has 3 aromatic carbocycles. The van der Waals surface area contributed by atoms with Gasteiger partial charge >= 0.3 is 0 Å². The first kappa shape index (κ1) is 17.1. The van der Waals surface area contributed by atoms with Crippen molar-refractivity contribution in [3.05, 3.63) is 89.7 Å². The van der Waals surface area contributed by atoms with Crippen molar-refractivity contribution in [2.24, 2.45) is 4.99 Å². The number of amides is 1. The molecule has 2 heterocycles. The second kappa shape index (κ2) is 6.87. The van der Waals surface area contributed by atoms with Crippen LogP contribution in [0.5, 0.6) is 0 Å². The van der Waals surface area contributed by atoms with Gasteiger partial charge in [-0.3, -0.25) is 4.79 Å². The Kier molecular flexibility index (Phi) is 4.05. The van der Waals surface area contributed by atoms with Crippen molar-refractivity contribution in [1.29, 1.82) is 0 Å². The van der Waals surface area contributed by atoms with Crippen molar-refractivity contribution in [1.82, 2.24) is 4.98 Å². The van der Waals surface area contributed by atoms with Gasteiger partial charge in [0.1, 0.15) is 11.3 Å². The van der Waals surface area contributed by atoms with Crippen molar-refractivity contribution >= 4 is 34.4 Å². The number of nitrogens with one attached hydrogen (secondary N) is 2. The van der Waals surface area contributed by atoms with Gasteiger partial charge < -0.3 is 15.1 Å². The summed E-state index contributed by atoms with van der Waals surface area (Å²) in [4.78, 5) is 21.8. The van der Waals surface area contributed by atoms with E-state index in [1.165, 1.54) is 18.2 Å². The fourth-order valence-electron chi connectivity index (χ4n) is 3.26. The van der Waals surface area contributed by atoms with Crippen LogP contribution in [0.15, 0.2) is 82.2 Å². The van der Waals surface area contributed by atoms with Crippen LogP contribution in [-0.4, -0.2) is 22.8 Å². The molecule has 142 valence electrons. The Morgan fingerprint density at radius 2 is 1.79 bits per heavy atom. The van der Waals surface area contributed by atoms with Crippen molar-refractivity contribution < 1.29 is 13.6 Å². The third-order valence-corrected chi connectivity index (χ3v) is 4.60. The Morgan fingerprint density at radius 3 is 2.66 bits per heavy atom. The van der Waals surface area contributed by atoms with Gasteiger partial charge in [-0.05, 0) is 18.2 Å². The summed E-state index contributed by atoms with van der Waals surface area (Å²) in [5.74, 6) is -0.774. The summed E-state index contributed by atoms with van der Waals surface area (Å²) in [6, 6.07) is 21.3. The number of benzene rings is 3. The number of anilines is 2. The first-order chi connectivity index (χ1) is 14.2. The zero-order chi connectivity index (χ0) is 19.8. The lowest BCUT2D eigenvalue weighted by Crippen LogP contribution is -2.32. The zero-order valence-corrected chi connectivity index (χ0v) is 15.1. The predicted molar refractivity (Wildman–Crippen MR) is 109 cm³/mol. The zero-order valence-electron chi connectivity index (χ0n) is 15.1. The summed E-state index contributed by atoms with van der Waals surface area (Å²) in [5, 5.41) is 5.80.